The molecular weight excluding hydrogens is 206 g/mol. The van der Waals surface area contributed by atoms with Gasteiger partial charge in [0.1, 0.15) is 0 Å². The lowest BCUT2D eigenvalue weighted by Crippen LogP contribution is -2.61. The van der Waals surface area contributed by atoms with Gasteiger partial charge in [-0.05, 0) is 19.9 Å². The summed E-state index contributed by atoms with van der Waals surface area (Å²) < 4.78 is 11.9. The van der Waals surface area contributed by atoms with Crippen molar-refractivity contribution in [3.05, 3.63) is 0 Å². The maximum absolute atomic E-state index is 5.94. The molecule has 0 aliphatic heterocycles. The first kappa shape index (κ1) is 15.1. The predicted octanol–water partition coefficient (Wildman–Crippen LogP) is 2.80. The lowest BCUT2D eigenvalue weighted by Gasteiger charge is -2.36. The summed E-state index contributed by atoms with van der Waals surface area (Å²) >= 11 is 0. The third-order valence-corrected chi connectivity index (χ3v) is 6.59. The van der Waals surface area contributed by atoms with Crippen LogP contribution in [0.4, 0.5) is 0 Å². The first-order chi connectivity index (χ1) is 7.02. The van der Waals surface area contributed by atoms with Gasteiger partial charge in [0.15, 0.2) is 0 Å². The van der Waals surface area contributed by atoms with Crippen molar-refractivity contribution in [2.75, 3.05) is 13.2 Å². The third kappa shape index (κ3) is 4.63. The fourth-order valence-corrected chi connectivity index (χ4v) is 4.96. The van der Waals surface area contributed by atoms with Crippen molar-refractivity contribution in [2.45, 2.75) is 59.5 Å². The van der Waals surface area contributed by atoms with Crippen LogP contribution >= 0.6 is 0 Å². The average Bonchev–Trinajstić information content (AvgIpc) is 2.16. The smallest absolute Gasteiger partial charge is 0.383 e. The highest BCUT2D eigenvalue weighted by Crippen LogP contribution is 2.25. The van der Waals surface area contributed by atoms with Gasteiger partial charge in [-0.3, -0.25) is 4.98 Å². The number of hydrogen-bond acceptors (Lipinski definition) is 3. The number of nitrogens with one attached hydrogen (secondary N) is 1. The summed E-state index contributed by atoms with van der Waals surface area (Å²) in [6, 6.07) is 0.406. The highest BCUT2D eigenvalue weighted by Gasteiger charge is 2.43. The molecule has 0 saturated heterocycles. The van der Waals surface area contributed by atoms with Gasteiger partial charge >= 0.3 is 8.72 Å². The first-order valence-electron chi connectivity index (χ1n) is 6.07. The summed E-state index contributed by atoms with van der Waals surface area (Å²) in [5.74, 6) is 0. The molecule has 0 fully saturated rings. The van der Waals surface area contributed by atoms with Gasteiger partial charge in [0.2, 0.25) is 0 Å². The monoisotopic (exact) mass is 233 g/mol. The molecular formula is C11H27NO2Si. The van der Waals surface area contributed by atoms with E-state index in [0.29, 0.717) is 11.6 Å². The van der Waals surface area contributed by atoms with E-state index in [4.69, 9.17) is 8.85 Å². The van der Waals surface area contributed by atoms with Crippen LogP contribution in [0.2, 0.25) is 5.54 Å². The lowest BCUT2D eigenvalue weighted by molar-refractivity contribution is 0.158. The minimum absolute atomic E-state index is 0.406. The van der Waals surface area contributed by atoms with Gasteiger partial charge in [-0.2, -0.15) is 0 Å². The molecule has 4 heteroatoms. The summed E-state index contributed by atoms with van der Waals surface area (Å²) in [4.78, 5) is 3.54. The molecule has 0 saturated carbocycles. The van der Waals surface area contributed by atoms with E-state index >= 15 is 0 Å². The Morgan fingerprint density at radius 3 is 1.73 bits per heavy atom. The van der Waals surface area contributed by atoms with Crippen LogP contribution in [0, 0.1) is 0 Å². The minimum Gasteiger partial charge on any atom is -0.383 e. The Morgan fingerprint density at radius 2 is 1.47 bits per heavy atom. The van der Waals surface area contributed by atoms with Crippen molar-refractivity contribution in [1.82, 2.24) is 4.98 Å². The molecule has 1 atom stereocenters. The maximum atomic E-state index is 5.94. The largest absolute Gasteiger partial charge is 0.428 e. The van der Waals surface area contributed by atoms with Crippen molar-refractivity contribution in [3.63, 3.8) is 0 Å². The summed E-state index contributed by atoms with van der Waals surface area (Å²) in [6.07, 6.45) is 1.09. The van der Waals surface area contributed by atoms with E-state index in [1.165, 1.54) is 0 Å². The minimum atomic E-state index is -2.21. The summed E-state index contributed by atoms with van der Waals surface area (Å²) in [7, 11) is -2.21. The maximum Gasteiger partial charge on any atom is 0.428 e. The van der Waals surface area contributed by atoms with Crippen molar-refractivity contribution in [1.29, 1.82) is 0 Å². The van der Waals surface area contributed by atoms with Crippen LogP contribution < -0.4 is 4.98 Å². The average molecular weight is 233 g/mol. The van der Waals surface area contributed by atoms with Crippen LogP contribution in [-0.2, 0) is 8.85 Å². The normalized spacial score (nSPS) is 14.6. The summed E-state index contributed by atoms with van der Waals surface area (Å²) in [5, 5.41) is 0. The van der Waals surface area contributed by atoms with Crippen molar-refractivity contribution < 1.29 is 8.85 Å². The van der Waals surface area contributed by atoms with E-state index < -0.39 is 8.72 Å². The molecule has 0 aromatic rings. The quantitative estimate of drug-likeness (QED) is 0.654. The van der Waals surface area contributed by atoms with E-state index in [0.717, 1.165) is 19.6 Å². The molecule has 0 amide bonds. The Hall–Kier alpha value is 0.0969. The zero-order valence-electron chi connectivity index (χ0n) is 11.1. The highest BCUT2D eigenvalue weighted by atomic mass is 28.4. The molecule has 0 aliphatic rings. The molecule has 0 aromatic heterocycles. The molecule has 0 aromatic carbocycles. The number of hydrogen-bond donors (Lipinski definition) is 1. The SMILES string of the molecule is CCO[Si](NC(C)C)(OCC)C(C)CC. The molecule has 0 spiro atoms. The summed E-state index contributed by atoms with van der Waals surface area (Å²) in [5.41, 5.74) is 0.472. The van der Waals surface area contributed by atoms with E-state index in [-0.39, 0.29) is 0 Å². The van der Waals surface area contributed by atoms with E-state index in [1.54, 1.807) is 0 Å². The van der Waals surface area contributed by atoms with Gasteiger partial charge in [-0.15, -0.1) is 0 Å². The Morgan fingerprint density at radius 1 is 1.00 bits per heavy atom. The van der Waals surface area contributed by atoms with Crippen molar-refractivity contribution in [3.8, 4) is 0 Å². The molecule has 3 nitrogen and oxygen atoms in total. The molecule has 15 heavy (non-hydrogen) atoms. The van der Waals surface area contributed by atoms with Crippen molar-refractivity contribution in [2.24, 2.45) is 0 Å². The van der Waals surface area contributed by atoms with Gasteiger partial charge < -0.3 is 8.85 Å². The molecule has 0 bridgehead atoms. The molecule has 0 heterocycles. The van der Waals surface area contributed by atoms with Gasteiger partial charge in [-0.25, -0.2) is 0 Å². The van der Waals surface area contributed by atoms with Gasteiger partial charge in [-0.1, -0.05) is 34.1 Å². The fraction of sp³-hybridized carbons (Fsp3) is 1.00. The lowest BCUT2D eigenvalue weighted by atomic mass is 10.4. The van der Waals surface area contributed by atoms with Crippen LogP contribution in [0.5, 0.6) is 0 Å². The van der Waals surface area contributed by atoms with Crippen molar-refractivity contribution >= 4 is 8.72 Å². The molecule has 0 aliphatic carbocycles. The molecule has 0 radical (unpaired) electrons. The van der Waals surface area contributed by atoms with Crippen LogP contribution in [0.1, 0.15) is 48.0 Å². The van der Waals surface area contributed by atoms with Crippen LogP contribution in [0.3, 0.4) is 0 Å². The van der Waals surface area contributed by atoms with E-state index in [1.807, 2.05) is 13.8 Å². The molecule has 1 unspecified atom stereocenters. The van der Waals surface area contributed by atoms with E-state index in [9.17, 15) is 0 Å². The second-order valence-electron chi connectivity index (χ2n) is 4.14. The third-order valence-electron chi connectivity index (χ3n) is 2.47. The Labute approximate surface area is 95.9 Å². The Bertz CT molecular complexity index is 159. The Kier molecular flexibility index (Phi) is 7.43. The number of rotatable bonds is 8. The second kappa shape index (κ2) is 7.38. The highest BCUT2D eigenvalue weighted by molar-refractivity contribution is 6.66. The zero-order valence-corrected chi connectivity index (χ0v) is 12.1. The van der Waals surface area contributed by atoms with Gasteiger partial charge in [0.05, 0.1) is 0 Å². The standard InChI is InChI=1S/C11H27NO2Si/c1-7-11(6)15(13-8-2,14-9-3)12-10(4)5/h10-12H,7-9H2,1-6H3. The van der Waals surface area contributed by atoms with Crippen LogP contribution in [0.25, 0.3) is 0 Å². The molecule has 92 valence electrons. The summed E-state index contributed by atoms with van der Waals surface area (Å²) in [6.45, 7) is 14.2. The zero-order chi connectivity index (χ0) is 11.9. The van der Waals surface area contributed by atoms with Gasteiger partial charge in [0.25, 0.3) is 0 Å². The second-order valence-corrected chi connectivity index (χ2v) is 7.33. The predicted molar refractivity (Wildman–Crippen MR) is 67.0 cm³/mol. The van der Waals surface area contributed by atoms with Gasteiger partial charge in [0, 0.05) is 18.8 Å². The van der Waals surface area contributed by atoms with E-state index in [2.05, 4.69) is 32.7 Å². The molecule has 1 N–H and O–H groups in total. The first-order valence-corrected chi connectivity index (χ1v) is 7.97. The van der Waals surface area contributed by atoms with Crippen LogP contribution in [0.15, 0.2) is 0 Å². The topological polar surface area (TPSA) is 30.5 Å². The van der Waals surface area contributed by atoms with Crippen LogP contribution in [-0.4, -0.2) is 28.0 Å². The fourth-order valence-electron chi connectivity index (χ4n) is 1.65. The Balaban J connectivity index is 4.70. The molecule has 0 rings (SSSR count).